The second-order valence-electron chi connectivity index (χ2n) is 8.54. The Bertz CT molecular complexity index is 848. The molecule has 0 radical (unpaired) electrons. The van der Waals surface area contributed by atoms with Crippen LogP contribution in [0.25, 0.3) is 0 Å². The van der Waals surface area contributed by atoms with Gasteiger partial charge in [-0.1, -0.05) is 13.8 Å². The number of Topliss-reactive ketones (excluding diaryl/α,β-unsaturated/α-hetero) is 1. The molecule has 0 spiro atoms. The van der Waals surface area contributed by atoms with E-state index in [0.717, 1.165) is 42.8 Å². The first-order valence-corrected chi connectivity index (χ1v) is 11.8. The van der Waals surface area contributed by atoms with Crippen molar-refractivity contribution in [2.45, 2.75) is 51.5 Å². The van der Waals surface area contributed by atoms with Gasteiger partial charge in [-0.3, -0.25) is 13.9 Å². The number of ketones is 1. The summed E-state index contributed by atoms with van der Waals surface area (Å²) >= 11 is 0. The van der Waals surface area contributed by atoms with Crippen molar-refractivity contribution in [3.63, 3.8) is 0 Å². The number of phenolic OH excluding ortho intramolecular Hbond substituents is 1. The minimum Gasteiger partial charge on any atom is -0.508 e. The van der Waals surface area contributed by atoms with Gasteiger partial charge in [0.25, 0.3) is 10.1 Å². The number of fused-ring (bicyclic) bond motifs is 4. The monoisotopic (exact) mass is 409 g/mol. The zero-order chi connectivity index (χ0) is 20.7. The Morgan fingerprint density at radius 2 is 2.00 bits per heavy atom. The molecule has 7 heteroatoms. The van der Waals surface area contributed by atoms with Gasteiger partial charge in [0.05, 0.1) is 18.9 Å². The first kappa shape index (κ1) is 21.3. The average molecular weight is 410 g/mol. The molecule has 0 unspecified atom stereocenters. The van der Waals surface area contributed by atoms with Crippen molar-refractivity contribution in [3.05, 3.63) is 29.3 Å². The molecule has 1 aromatic rings. The third-order valence-corrected chi connectivity index (χ3v) is 7.13. The molecular weight excluding hydrogens is 378 g/mol. The van der Waals surface area contributed by atoms with Gasteiger partial charge in [-0.05, 0) is 73.7 Å². The van der Waals surface area contributed by atoms with Crippen molar-refractivity contribution >= 4 is 15.9 Å². The predicted molar refractivity (Wildman–Crippen MR) is 108 cm³/mol. The van der Waals surface area contributed by atoms with E-state index in [1.165, 1.54) is 12.8 Å². The summed E-state index contributed by atoms with van der Waals surface area (Å²) in [4.78, 5) is 15.4. The number of benzene rings is 1. The fourth-order valence-corrected chi connectivity index (χ4v) is 5.04. The fraction of sp³-hybridized carbons (Fsp3) is 0.667. The molecule has 3 aliphatic rings. The van der Waals surface area contributed by atoms with Gasteiger partial charge < -0.3 is 5.11 Å². The van der Waals surface area contributed by atoms with E-state index in [2.05, 4.69) is 22.9 Å². The Hall–Kier alpha value is -1.44. The van der Waals surface area contributed by atoms with Crippen LogP contribution in [-0.2, 0) is 19.7 Å². The second kappa shape index (κ2) is 7.76. The number of hydrogen-bond donors (Lipinski definition) is 1. The number of likely N-dealkylation sites (tertiary alicyclic amines) is 1. The highest BCUT2D eigenvalue weighted by molar-refractivity contribution is 7.85. The van der Waals surface area contributed by atoms with Crippen molar-refractivity contribution in [1.29, 1.82) is 0 Å². The van der Waals surface area contributed by atoms with Gasteiger partial charge in [0, 0.05) is 12.1 Å². The van der Waals surface area contributed by atoms with Gasteiger partial charge in [0.15, 0.2) is 5.78 Å². The van der Waals surface area contributed by atoms with Crippen LogP contribution in [-0.4, -0.2) is 56.2 Å². The van der Waals surface area contributed by atoms with Crippen LogP contribution in [0.2, 0.25) is 0 Å². The zero-order valence-corrected chi connectivity index (χ0v) is 18.0. The number of carbonyl (C=O) groups is 1. The Labute approximate surface area is 168 Å². The minimum absolute atomic E-state index is 0.00665. The highest BCUT2D eigenvalue weighted by Gasteiger charge is 2.52. The minimum atomic E-state index is -3.17. The summed E-state index contributed by atoms with van der Waals surface area (Å²) in [6, 6.07) is 5.32. The smallest absolute Gasteiger partial charge is 0.264 e. The zero-order valence-electron chi connectivity index (χ0n) is 17.1. The summed E-state index contributed by atoms with van der Waals surface area (Å²) < 4.78 is 24.2. The van der Waals surface area contributed by atoms with Gasteiger partial charge in [0.2, 0.25) is 0 Å². The van der Waals surface area contributed by atoms with E-state index >= 15 is 0 Å². The standard InChI is InChI=1S/C18H23NO2.C3H8O3S/c1-11-16-17(21)14-6-5-13(20)9-15(14)18(11,2)7-8-19(16)10-12-3-4-12;1-3-6-7(2,4)5/h5-6,9,11-12,16,20H,3-4,7-8,10H2,1-2H3;3H2,1-2H3/t11-,16-,18+;/m0./s1. The molecule has 28 heavy (non-hydrogen) atoms. The number of nitrogens with zero attached hydrogens (tertiary/aromatic N) is 1. The lowest BCUT2D eigenvalue weighted by Crippen LogP contribution is -2.61. The number of piperidine rings is 1. The maximum absolute atomic E-state index is 13.0. The second-order valence-corrected chi connectivity index (χ2v) is 10.2. The van der Waals surface area contributed by atoms with Crippen LogP contribution < -0.4 is 0 Å². The van der Waals surface area contributed by atoms with Crippen molar-refractivity contribution in [1.82, 2.24) is 4.90 Å². The van der Waals surface area contributed by atoms with Crippen molar-refractivity contribution in [2.75, 3.05) is 26.0 Å². The largest absolute Gasteiger partial charge is 0.508 e. The molecule has 2 bridgehead atoms. The van der Waals surface area contributed by atoms with Crippen LogP contribution in [0.5, 0.6) is 5.75 Å². The summed E-state index contributed by atoms with van der Waals surface area (Å²) in [5, 5.41) is 9.83. The summed E-state index contributed by atoms with van der Waals surface area (Å²) in [6.07, 6.45) is 4.75. The maximum atomic E-state index is 13.0. The lowest BCUT2D eigenvalue weighted by Gasteiger charge is -2.53. The van der Waals surface area contributed by atoms with Crippen LogP contribution in [0.4, 0.5) is 0 Å². The van der Waals surface area contributed by atoms with Gasteiger partial charge in [-0.15, -0.1) is 0 Å². The molecule has 2 fully saturated rings. The number of rotatable bonds is 4. The first-order chi connectivity index (χ1) is 13.1. The fourth-order valence-electron chi connectivity index (χ4n) is 4.61. The number of hydrogen-bond acceptors (Lipinski definition) is 6. The molecule has 3 atom stereocenters. The Kier molecular flexibility index (Phi) is 5.90. The molecule has 1 N–H and O–H groups in total. The van der Waals surface area contributed by atoms with E-state index in [4.69, 9.17) is 0 Å². The SMILES string of the molecule is CCOS(C)(=O)=O.C[C@H]1[C@H]2C(=O)c3ccc(O)cc3[C@]1(C)CCN2CC1CC1. The Morgan fingerprint density at radius 1 is 1.32 bits per heavy atom. The van der Waals surface area contributed by atoms with E-state index in [1.54, 1.807) is 13.0 Å². The summed E-state index contributed by atoms with van der Waals surface area (Å²) in [7, 11) is -3.17. The van der Waals surface area contributed by atoms with Crippen molar-refractivity contribution < 1.29 is 22.5 Å². The molecule has 1 heterocycles. The molecule has 4 rings (SSSR count). The number of aromatic hydroxyl groups is 1. The topological polar surface area (TPSA) is 83.9 Å². The first-order valence-electron chi connectivity index (χ1n) is 10.0. The molecule has 1 aliphatic heterocycles. The van der Waals surface area contributed by atoms with E-state index in [9.17, 15) is 18.3 Å². The molecule has 6 nitrogen and oxygen atoms in total. The number of carbonyl (C=O) groups excluding carboxylic acids is 1. The van der Waals surface area contributed by atoms with Crippen molar-refractivity contribution in [3.8, 4) is 5.75 Å². The lowest BCUT2D eigenvalue weighted by molar-refractivity contribution is 0.0265. The molecule has 1 aromatic carbocycles. The summed E-state index contributed by atoms with van der Waals surface area (Å²) in [5.41, 5.74) is 1.90. The van der Waals surface area contributed by atoms with Crippen LogP contribution >= 0.6 is 0 Å². The van der Waals surface area contributed by atoms with Gasteiger partial charge in [0.1, 0.15) is 5.75 Å². The predicted octanol–water partition coefficient (Wildman–Crippen LogP) is 2.95. The van der Waals surface area contributed by atoms with E-state index in [0.29, 0.717) is 5.92 Å². The Balaban J connectivity index is 0.000000279. The van der Waals surface area contributed by atoms with Crippen LogP contribution in [0.1, 0.15) is 56.0 Å². The third kappa shape index (κ3) is 4.26. The van der Waals surface area contributed by atoms with Crippen LogP contribution in [0, 0.1) is 11.8 Å². The molecule has 156 valence electrons. The van der Waals surface area contributed by atoms with E-state index in [1.807, 2.05) is 12.1 Å². The van der Waals surface area contributed by atoms with Gasteiger partial charge in [-0.25, -0.2) is 0 Å². The maximum Gasteiger partial charge on any atom is 0.264 e. The highest BCUT2D eigenvalue weighted by atomic mass is 32.2. The molecule has 0 aromatic heterocycles. The summed E-state index contributed by atoms with van der Waals surface area (Å²) in [5.74, 6) is 1.66. The van der Waals surface area contributed by atoms with Gasteiger partial charge in [-0.2, -0.15) is 8.42 Å². The molecule has 2 aliphatic carbocycles. The number of phenols is 1. The lowest BCUT2D eigenvalue weighted by atomic mass is 9.58. The summed E-state index contributed by atoms with van der Waals surface area (Å²) in [6.45, 7) is 8.42. The van der Waals surface area contributed by atoms with Crippen molar-refractivity contribution in [2.24, 2.45) is 11.8 Å². The van der Waals surface area contributed by atoms with E-state index in [-0.39, 0.29) is 29.6 Å². The Morgan fingerprint density at radius 3 is 2.54 bits per heavy atom. The third-order valence-electron chi connectivity index (χ3n) is 6.46. The normalized spacial score (nSPS) is 29.6. The molecule has 1 saturated heterocycles. The average Bonchev–Trinajstić information content (AvgIpc) is 3.40. The molecular formula is C21H31NO5S. The molecule has 0 amide bonds. The van der Waals surface area contributed by atoms with E-state index < -0.39 is 10.1 Å². The van der Waals surface area contributed by atoms with Crippen LogP contribution in [0.3, 0.4) is 0 Å². The van der Waals surface area contributed by atoms with Crippen LogP contribution in [0.15, 0.2) is 18.2 Å². The highest BCUT2D eigenvalue weighted by Crippen LogP contribution is 2.49. The van der Waals surface area contributed by atoms with Gasteiger partial charge >= 0.3 is 0 Å². The molecule has 1 saturated carbocycles. The quantitative estimate of drug-likeness (QED) is 0.770.